The van der Waals surface area contributed by atoms with Gasteiger partial charge in [0.05, 0.1) is 7.11 Å². The highest BCUT2D eigenvalue weighted by Crippen LogP contribution is 2.28. The second-order valence-corrected chi connectivity index (χ2v) is 5.41. The van der Waals surface area contributed by atoms with Gasteiger partial charge in [-0.3, -0.25) is 0 Å². The van der Waals surface area contributed by atoms with Crippen LogP contribution in [-0.4, -0.2) is 18.8 Å². The largest absolute Gasteiger partial charge is 0.508 e. The third-order valence-corrected chi connectivity index (χ3v) is 3.73. The monoisotopic (exact) mass is 305 g/mol. The number of halogens is 1. The Morgan fingerprint density at radius 3 is 2.57 bits per heavy atom. The Kier molecular flexibility index (Phi) is 5.48. The predicted octanol–water partition coefficient (Wildman–Crippen LogP) is 3.95. The molecule has 0 bridgehead atoms. The van der Waals surface area contributed by atoms with E-state index in [-0.39, 0.29) is 11.8 Å². The second-order valence-electron chi connectivity index (χ2n) is 4.98. The molecule has 0 saturated carbocycles. The normalized spacial score (nSPS) is 12.1. The highest BCUT2D eigenvalue weighted by Gasteiger charge is 2.11. The molecule has 2 aromatic rings. The summed E-state index contributed by atoms with van der Waals surface area (Å²) in [5, 5.41) is 14.1. The highest BCUT2D eigenvalue weighted by molar-refractivity contribution is 6.30. The van der Waals surface area contributed by atoms with Gasteiger partial charge < -0.3 is 15.2 Å². The van der Waals surface area contributed by atoms with Crippen molar-refractivity contribution >= 4 is 11.6 Å². The molecule has 0 radical (unpaired) electrons. The topological polar surface area (TPSA) is 41.5 Å². The van der Waals surface area contributed by atoms with Gasteiger partial charge in [0.25, 0.3) is 0 Å². The quantitative estimate of drug-likeness (QED) is 0.849. The molecule has 2 rings (SSSR count). The third-order valence-electron chi connectivity index (χ3n) is 3.48. The van der Waals surface area contributed by atoms with Gasteiger partial charge in [-0.2, -0.15) is 0 Å². The number of hydrogen-bond donors (Lipinski definition) is 2. The van der Waals surface area contributed by atoms with Gasteiger partial charge >= 0.3 is 0 Å². The van der Waals surface area contributed by atoms with Crippen LogP contribution in [0.1, 0.15) is 24.1 Å². The lowest BCUT2D eigenvalue weighted by Crippen LogP contribution is -2.21. The average molecular weight is 306 g/mol. The van der Waals surface area contributed by atoms with Crippen LogP contribution in [0.4, 0.5) is 0 Å². The van der Waals surface area contributed by atoms with E-state index in [1.807, 2.05) is 37.3 Å². The van der Waals surface area contributed by atoms with Crippen LogP contribution in [0.25, 0.3) is 0 Å². The summed E-state index contributed by atoms with van der Waals surface area (Å²) in [6, 6.07) is 13.2. The van der Waals surface area contributed by atoms with E-state index >= 15 is 0 Å². The Hall–Kier alpha value is -1.71. The van der Waals surface area contributed by atoms with Crippen LogP contribution in [-0.2, 0) is 6.42 Å². The summed E-state index contributed by atoms with van der Waals surface area (Å²) in [5.74, 6) is 1.02. The Balaban J connectivity index is 1.92. The maximum Gasteiger partial charge on any atom is 0.120 e. The molecule has 0 saturated heterocycles. The zero-order valence-corrected chi connectivity index (χ0v) is 13.0. The molecule has 2 N–H and O–H groups in total. The number of aromatic hydroxyl groups is 1. The number of methoxy groups -OCH3 is 1. The van der Waals surface area contributed by atoms with E-state index in [2.05, 4.69) is 5.32 Å². The van der Waals surface area contributed by atoms with Crippen molar-refractivity contribution in [2.75, 3.05) is 13.7 Å². The van der Waals surface area contributed by atoms with Crippen molar-refractivity contribution < 1.29 is 9.84 Å². The van der Waals surface area contributed by atoms with Crippen LogP contribution >= 0.6 is 11.6 Å². The van der Waals surface area contributed by atoms with Gasteiger partial charge in [-0.05, 0) is 55.8 Å². The number of nitrogens with one attached hydrogen (secondary N) is 1. The van der Waals surface area contributed by atoms with E-state index in [4.69, 9.17) is 16.3 Å². The number of phenolic OH excluding ortho intramolecular Hbond substituents is 1. The minimum atomic E-state index is 0.0485. The van der Waals surface area contributed by atoms with Gasteiger partial charge in [-0.15, -0.1) is 0 Å². The van der Waals surface area contributed by atoms with Gasteiger partial charge in [-0.1, -0.05) is 23.7 Å². The van der Waals surface area contributed by atoms with Crippen LogP contribution in [0.5, 0.6) is 11.5 Å². The molecule has 4 heteroatoms. The summed E-state index contributed by atoms with van der Waals surface area (Å²) in [7, 11) is 1.62. The van der Waals surface area contributed by atoms with Crippen molar-refractivity contribution in [3.63, 3.8) is 0 Å². The molecular weight excluding hydrogens is 286 g/mol. The first-order valence-corrected chi connectivity index (χ1v) is 7.32. The lowest BCUT2D eigenvalue weighted by molar-refractivity contribution is 0.407. The van der Waals surface area contributed by atoms with E-state index in [9.17, 15) is 5.11 Å². The molecule has 3 nitrogen and oxygen atoms in total. The number of ether oxygens (including phenoxy) is 1. The summed E-state index contributed by atoms with van der Waals surface area (Å²) >= 11 is 5.87. The van der Waals surface area contributed by atoms with E-state index in [1.54, 1.807) is 19.2 Å². The van der Waals surface area contributed by atoms with E-state index in [0.717, 1.165) is 29.3 Å². The zero-order valence-electron chi connectivity index (χ0n) is 12.3. The van der Waals surface area contributed by atoms with Crippen LogP contribution in [0.3, 0.4) is 0 Å². The van der Waals surface area contributed by atoms with Crippen LogP contribution < -0.4 is 10.1 Å². The molecule has 0 spiro atoms. The van der Waals surface area contributed by atoms with Crippen LogP contribution in [0.2, 0.25) is 5.02 Å². The van der Waals surface area contributed by atoms with Gasteiger partial charge in [0.2, 0.25) is 0 Å². The van der Waals surface area contributed by atoms with Gasteiger partial charge in [0, 0.05) is 16.6 Å². The van der Waals surface area contributed by atoms with Crippen molar-refractivity contribution in [1.82, 2.24) is 5.32 Å². The molecular formula is C17H20ClNO2. The maximum absolute atomic E-state index is 9.94. The van der Waals surface area contributed by atoms with Crippen LogP contribution in [0.15, 0.2) is 42.5 Å². The van der Waals surface area contributed by atoms with E-state index in [0.29, 0.717) is 0 Å². The lowest BCUT2D eigenvalue weighted by atomic mass is 10.1. The maximum atomic E-state index is 9.94. The van der Waals surface area contributed by atoms with Crippen LogP contribution in [0, 0.1) is 0 Å². The lowest BCUT2D eigenvalue weighted by Gasteiger charge is -2.16. The Morgan fingerprint density at radius 1 is 1.19 bits per heavy atom. The minimum absolute atomic E-state index is 0.0485. The standard InChI is InChI=1S/C17H20ClNO2/c1-12(16-11-15(21-2)7-8-17(16)20)19-10-9-13-3-5-14(18)6-4-13/h3-8,11-12,19-20H,9-10H2,1-2H3. The molecule has 1 atom stereocenters. The third kappa shape index (κ3) is 4.38. The fourth-order valence-corrected chi connectivity index (χ4v) is 2.33. The molecule has 0 aliphatic heterocycles. The first-order chi connectivity index (χ1) is 10.1. The number of phenols is 1. The number of benzene rings is 2. The molecule has 2 aromatic carbocycles. The smallest absolute Gasteiger partial charge is 0.120 e. The fourth-order valence-electron chi connectivity index (χ4n) is 2.20. The molecule has 112 valence electrons. The number of hydrogen-bond acceptors (Lipinski definition) is 3. The van der Waals surface area contributed by atoms with Crippen molar-refractivity contribution in [2.45, 2.75) is 19.4 Å². The number of rotatable bonds is 6. The first kappa shape index (κ1) is 15.7. The van der Waals surface area contributed by atoms with Crippen molar-refractivity contribution in [2.24, 2.45) is 0 Å². The molecule has 0 aliphatic carbocycles. The minimum Gasteiger partial charge on any atom is -0.508 e. The van der Waals surface area contributed by atoms with E-state index in [1.165, 1.54) is 5.56 Å². The van der Waals surface area contributed by atoms with E-state index < -0.39 is 0 Å². The first-order valence-electron chi connectivity index (χ1n) is 6.95. The van der Waals surface area contributed by atoms with Crippen molar-refractivity contribution in [3.8, 4) is 11.5 Å². The fraction of sp³-hybridized carbons (Fsp3) is 0.294. The summed E-state index contributed by atoms with van der Waals surface area (Å²) in [5.41, 5.74) is 2.07. The molecule has 0 amide bonds. The summed E-state index contributed by atoms with van der Waals surface area (Å²) < 4.78 is 5.19. The Labute approximate surface area is 130 Å². The zero-order chi connectivity index (χ0) is 15.2. The predicted molar refractivity (Wildman–Crippen MR) is 86.2 cm³/mol. The van der Waals surface area contributed by atoms with Crippen molar-refractivity contribution in [3.05, 3.63) is 58.6 Å². The van der Waals surface area contributed by atoms with Crippen molar-refractivity contribution in [1.29, 1.82) is 0 Å². The molecule has 0 aliphatic rings. The molecule has 0 heterocycles. The highest BCUT2D eigenvalue weighted by atomic mass is 35.5. The summed E-state index contributed by atoms with van der Waals surface area (Å²) in [6.45, 7) is 2.84. The van der Waals surface area contributed by atoms with Gasteiger partial charge in [0.1, 0.15) is 11.5 Å². The SMILES string of the molecule is COc1ccc(O)c(C(C)NCCc2ccc(Cl)cc2)c1. The van der Waals surface area contributed by atoms with Gasteiger partial charge in [0.15, 0.2) is 0 Å². The molecule has 21 heavy (non-hydrogen) atoms. The Morgan fingerprint density at radius 2 is 1.90 bits per heavy atom. The Bertz CT molecular complexity index is 584. The summed E-state index contributed by atoms with van der Waals surface area (Å²) in [4.78, 5) is 0. The molecule has 1 unspecified atom stereocenters. The summed E-state index contributed by atoms with van der Waals surface area (Å²) in [6.07, 6.45) is 0.909. The molecule has 0 aromatic heterocycles. The molecule has 0 fully saturated rings. The second kappa shape index (κ2) is 7.34. The average Bonchev–Trinajstić information content (AvgIpc) is 2.49. The van der Waals surface area contributed by atoms with Gasteiger partial charge in [-0.25, -0.2) is 0 Å².